The first-order valence-corrected chi connectivity index (χ1v) is 10.2. The molecule has 146 valence electrons. The predicted octanol–water partition coefficient (Wildman–Crippen LogP) is 4.79. The average Bonchev–Trinajstić information content (AvgIpc) is 3.09. The summed E-state index contributed by atoms with van der Waals surface area (Å²) in [4.78, 5) is 17.5. The lowest BCUT2D eigenvalue weighted by atomic mass is 10.1. The summed E-state index contributed by atoms with van der Waals surface area (Å²) in [5.74, 6) is 0.774. The van der Waals surface area contributed by atoms with E-state index in [0.29, 0.717) is 11.7 Å². The van der Waals surface area contributed by atoms with Crippen LogP contribution in [0.3, 0.4) is 0 Å². The van der Waals surface area contributed by atoms with Gasteiger partial charge in [0.05, 0.1) is 10.2 Å². The van der Waals surface area contributed by atoms with Crippen LogP contribution in [-0.4, -0.2) is 46.9 Å². The molecule has 1 saturated heterocycles. The van der Waals surface area contributed by atoms with E-state index >= 15 is 0 Å². The first kappa shape index (κ1) is 18.7. The van der Waals surface area contributed by atoms with Gasteiger partial charge in [-0.1, -0.05) is 35.6 Å². The Morgan fingerprint density at radius 2 is 2.04 bits per heavy atom. The molecule has 0 spiro atoms. The topological polar surface area (TPSA) is 71.9 Å². The van der Waals surface area contributed by atoms with Gasteiger partial charge in [-0.05, 0) is 55.6 Å². The molecule has 0 bridgehead atoms. The SMILES string of the molecule is O=C(O)OC1CCCN(CCc2ccc(Oc3nc4ccccc4s3)cc2)C1. The molecule has 0 saturated carbocycles. The molecule has 1 N–H and O–H groups in total. The Morgan fingerprint density at radius 3 is 2.82 bits per heavy atom. The van der Waals surface area contributed by atoms with Crippen molar-refractivity contribution in [3.63, 3.8) is 0 Å². The summed E-state index contributed by atoms with van der Waals surface area (Å²) in [7, 11) is 0. The summed E-state index contributed by atoms with van der Waals surface area (Å²) in [5, 5.41) is 9.42. The number of thiazole rings is 1. The highest BCUT2D eigenvalue weighted by molar-refractivity contribution is 7.20. The van der Waals surface area contributed by atoms with Crippen LogP contribution in [0.4, 0.5) is 4.79 Å². The van der Waals surface area contributed by atoms with E-state index in [-0.39, 0.29) is 6.10 Å². The fourth-order valence-electron chi connectivity index (χ4n) is 3.46. The second kappa shape index (κ2) is 8.58. The Bertz CT molecular complexity index is 908. The van der Waals surface area contributed by atoms with Gasteiger partial charge < -0.3 is 14.6 Å². The Kier molecular flexibility index (Phi) is 5.73. The summed E-state index contributed by atoms with van der Waals surface area (Å²) in [5.41, 5.74) is 2.17. The molecular weight excluding hydrogens is 376 g/mol. The lowest BCUT2D eigenvalue weighted by Crippen LogP contribution is -2.41. The minimum atomic E-state index is -1.18. The quantitative estimate of drug-likeness (QED) is 0.602. The number of ether oxygens (including phenoxy) is 2. The van der Waals surface area contributed by atoms with Gasteiger partial charge in [0, 0.05) is 13.1 Å². The number of carbonyl (C=O) groups is 1. The molecular formula is C21H22N2O4S. The molecule has 2 heterocycles. The largest absolute Gasteiger partial charge is 0.506 e. The van der Waals surface area contributed by atoms with Gasteiger partial charge in [-0.2, -0.15) is 0 Å². The summed E-state index contributed by atoms with van der Waals surface area (Å²) in [6.45, 7) is 2.54. The number of piperidine rings is 1. The molecule has 0 amide bonds. The average molecular weight is 398 g/mol. The second-order valence-electron chi connectivity index (χ2n) is 6.89. The number of nitrogens with zero attached hydrogens (tertiary/aromatic N) is 2. The third-order valence-electron chi connectivity index (χ3n) is 4.85. The van der Waals surface area contributed by atoms with E-state index in [9.17, 15) is 4.79 Å². The van der Waals surface area contributed by atoms with Crippen LogP contribution in [-0.2, 0) is 11.2 Å². The number of likely N-dealkylation sites (tertiary alicyclic amines) is 1. The Balaban J connectivity index is 1.30. The molecule has 1 aliphatic rings. The molecule has 1 aliphatic heterocycles. The molecule has 0 aliphatic carbocycles. The standard InChI is InChI=1S/C21H22N2O4S/c24-21(25)27-17-4-3-12-23(14-17)13-11-15-7-9-16(10-8-15)26-20-22-18-5-1-2-6-19(18)28-20/h1-2,5-10,17H,3-4,11-14H2,(H,24,25). The van der Waals surface area contributed by atoms with E-state index in [0.717, 1.165) is 48.3 Å². The third kappa shape index (κ3) is 4.79. The summed E-state index contributed by atoms with van der Waals surface area (Å²) in [6.07, 6.45) is 1.28. The lowest BCUT2D eigenvalue weighted by Gasteiger charge is -2.31. The zero-order valence-electron chi connectivity index (χ0n) is 15.4. The number of benzene rings is 2. The number of hydrogen-bond acceptors (Lipinski definition) is 6. The van der Waals surface area contributed by atoms with Crippen LogP contribution in [0.1, 0.15) is 18.4 Å². The number of para-hydroxylation sites is 1. The van der Waals surface area contributed by atoms with Crippen LogP contribution >= 0.6 is 11.3 Å². The number of carboxylic acid groups (broad SMARTS) is 1. The van der Waals surface area contributed by atoms with Crippen LogP contribution in [0.2, 0.25) is 0 Å². The van der Waals surface area contributed by atoms with Crippen LogP contribution < -0.4 is 4.74 Å². The van der Waals surface area contributed by atoms with Crippen molar-refractivity contribution in [2.45, 2.75) is 25.4 Å². The molecule has 1 atom stereocenters. The van der Waals surface area contributed by atoms with Gasteiger partial charge in [0.25, 0.3) is 5.19 Å². The minimum absolute atomic E-state index is 0.212. The zero-order valence-corrected chi connectivity index (χ0v) is 16.2. The maximum atomic E-state index is 10.7. The number of hydrogen-bond donors (Lipinski definition) is 1. The smallest absolute Gasteiger partial charge is 0.450 e. The molecule has 28 heavy (non-hydrogen) atoms. The first-order chi connectivity index (χ1) is 13.7. The summed E-state index contributed by atoms with van der Waals surface area (Å²) < 4.78 is 11.9. The highest BCUT2D eigenvalue weighted by atomic mass is 32.1. The Morgan fingerprint density at radius 1 is 1.21 bits per heavy atom. The molecule has 0 radical (unpaired) electrons. The van der Waals surface area contributed by atoms with Crippen molar-refractivity contribution in [1.29, 1.82) is 0 Å². The fraction of sp³-hybridized carbons (Fsp3) is 0.333. The van der Waals surface area contributed by atoms with E-state index in [2.05, 4.69) is 22.0 Å². The Hall–Kier alpha value is -2.64. The van der Waals surface area contributed by atoms with Gasteiger partial charge in [0.15, 0.2) is 0 Å². The molecule has 2 aromatic carbocycles. The number of rotatable bonds is 6. The third-order valence-corrected chi connectivity index (χ3v) is 5.76. The van der Waals surface area contributed by atoms with Crippen LogP contribution in [0, 0.1) is 0 Å². The van der Waals surface area contributed by atoms with Crippen molar-refractivity contribution < 1.29 is 19.4 Å². The summed E-state index contributed by atoms with van der Waals surface area (Å²) in [6, 6.07) is 16.1. The van der Waals surface area contributed by atoms with E-state index in [1.54, 1.807) is 0 Å². The molecule has 1 aromatic heterocycles. The van der Waals surface area contributed by atoms with Gasteiger partial charge in [0.2, 0.25) is 0 Å². The van der Waals surface area contributed by atoms with Gasteiger partial charge in [0.1, 0.15) is 11.9 Å². The van der Waals surface area contributed by atoms with Crippen LogP contribution in [0.5, 0.6) is 10.9 Å². The number of aromatic nitrogens is 1. The molecule has 6 nitrogen and oxygen atoms in total. The van der Waals surface area contributed by atoms with Crippen molar-refractivity contribution >= 4 is 27.7 Å². The van der Waals surface area contributed by atoms with Gasteiger partial charge in [-0.25, -0.2) is 9.78 Å². The second-order valence-corrected chi connectivity index (χ2v) is 7.89. The van der Waals surface area contributed by atoms with Crippen molar-refractivity contribution in [2.24, 2.45) is 0 Å². The van der Waals surface area contributed by atoms with E-state index < -0.39 is 6.16 Å². The lowest BCUT2D eigenvalue weighted by molar-refractivity contribution is 0.0138. The van der Waals surface area contributed by atoms with Crippen molar-refractivity contribution in [2.75, 3.05) is 19.6 Å². The normalized spacial score (nSPS) is 17.5. The number of fused-ring (bicyclic) bond motifs is 1. The fourth-order valence-corrected chi connectivity index (χ4v) is 4.30. The minimum Gasteiger partial charge on any atom is -0.450 e. The monoisotopic (exact) mass is 398 g/mol. The van der Waals surface area contributed by atoms with E-state index in [1.807, 2.05) is 36.4 Å². The molecule has 1 unspecified atom stereocenters. The molecule has 1 fully saturated rings. The Labute approximate surface area is 167 Å². The maximum Gasteiger partial charge on any atom is 0.506 e. The predicted molar refractivity (Wildman–Crippen MR) is 108 cm³/mol. The highest BCUT2D eigenvalue weighted by Gasteiger charge is 2.22. The van der Waals surface area contributed by atoms with Crippen molar-refractivity contribution in [3.8, 4) is 10.9 Å². The zero-order chi connectivity index (χ0) is 19.3. The molecule has 4 rings (SSSR count). The van der Waals surface area contributed by atoms with Gasteiger partial charge in [-0.15, -0.1) is 0 Å². The highest BCUT2D eigenvalue weighted by Crippen LogP contribution is 2.31. The van der Waals surface area contributed by atoms with Crippen LogP contribution in [0.15, 0.2) is 48.5 Å². The van der Waals surface area contributed by atoms with E-state index in [4.69, 9.17) is 14.6 Å². The van der Waals surface area contributed by atoms with Gasteiger partial charge >= 0.3 is 6.16 Å². The summed E-state index contributed by atoms with van der Waals surface area (Å²) >= 11 is 1.54. The molecule has 7 heteroatoms. The van der Waals surface area contributed by atoms with Crippen LogP contribution in [0.25, 0.3) is 10.2 Å². The van der Waals surface area contributed by atoms with Crippen molar-refractivity contribution in [1.82, 2.24) is 9.88 Å². The van der Waals surface area contributed by atoms with E-state index in [1.165, 1.54) is 16.9 Å². The maximum absolute atomic E-state index is 10.7. The van der Waals surface area contributed by atoms with Crippen molar-refractivity contribution in [3.05, 3.63) is 54.1 Å². The first-order valence-electron chi connectivity index (χ1n) is 9.40. The molecule has 3 aromatic rings. The van der Waals surface area contributed by atoms with Gasteiger partial charge in [-0.3, -0.25) is 4.90 Å².